The van der Waals surface area contributed by atoms with Gasteiger partial charge in [-0.3, -0.25) is 4.79 Å². The Hall–Kier alpha value is -2.40. The first-order chi connectivity index (χ1) is 19.2. The summed E-state index contributed by atoms with van der Waals surface area (Å²) in [5.41, 5.74) is 3.31. The van der Waals surface area contributed by atoms with Crippen LogP contribution in [0.4, 0.5) is 5.69 Å². The monoisotopic (exact) mass is 550 g/mol. The van der Waals surface area contributed by atoms with E-state index in [1.54, 1.807) is 0 Å². The summed E-state index contributed by atoms with van der Waals surface area (Å²) in [5, 5.41) is 2.13. The number of thioether (sulfide) groups is 1. The van der Waals surface area contributed by atoms with Crippen molar-refractivity contribution in [2.24, 2.45) is 0 Å². The molecule has 2 aromatic carbocycles. The Balaban J connectivity index is 1.33. The second kappa shape index (κ2) is 18.8. The van der Waals surface area contributed by atoms with Gasteiger partial charge in [0, 0.05) is 24.9 Å². The van der Waals surface area contributed by atoms with Crippen LogP contribution in [0.2, 0.25) is 0 Å². The van der Waals surface area contributed by atoms with Crippen LogP contribution in [0.25, 0.3) is 0 Å². The number of ether oxygens (including phenoxy) is 1. The summed E-state index contributed by atoms with van der Waals surface area (Å²) in [6.07, 6.45) is 18.8. The number of amides is 1. The van der Waals surface area contributed by atoms with Gasteiger partial charge in [0.25, 0.3) is 0 Å². The molecule has 1 amide bonds. The lowest BCUT2D eigenvalue weighted by molar-refractivity contribution is -0.118. The van der Waals surface area contributed by atoms with Gasteiger partial charge in [-0.25, -0.2) is 0 Å². The number of hydrogen-bond donors (Lipinski definition) is 0. The first-order valence-electron chi connectivity index (χ1n) is 15.3. The molecule has 0 N–H and O–H groups in total. The third-order valence-corrected chi connectivity index (χ3v) is 8.17. The van der Waals surface area contributed by atoms with E-state index in [2.05, 4.69) is 59.8 Å². The lowest BCUT2D eigenvalue weighted by Crippen LogP contribution is -2.29. The molecule has 0 unspecified atom stereocenters. The summed E-state index contributed by atoms with van der Waals surface area (Å²) in [4.78, 5) is 17.0. The van der Waals surface area contributed by atoms with Gasteiger partial charge in [0.05, 0.1) is 19.0 Å². The highest BCUT2D eigenvalue weighted by Gasteiger charge is 2.15. The number of hydrogen-bond acceptors (Lipinski definition) is 4. The Labute approximate surface area is 242 Å². The van der Waals surface area contributed by atoms with Gasteiger partial charge in [0.1, 0.15) is 5.75 Å². The van der Waals surface area contributed by atoms with Crippen LogP contribution in [0.15, 0.2) is 60.1 Å². The number of carbonyl (C=O) groups is 1. The van der Waals surface area contributed by atoms with E-state index in [4.69, 9.17) is 4.74 Å². The molecule has 0 saturated carbocycles. The molecule has 2 aromatic rings. The zero-order valence-electron chi connectivity index (χ0n) is 24.4. The van der Waals surface area contributed by atoms with Gasteiger partial charge in [-0.05, 0) is 47.2 Å². The van der Waals surface area contributed by atoms with Gasteiger partial charge in [-0.15, -0.1) is 11.8 Å². The van der Waals surface area contributed by atoms with E-state index in [1.807, 2.05) is 35.7 Å². The van der Waals surface area contributed by atoms with Crippen LogP contribution in [-0.2, 0) is 17.9 Å². The lowest BCUT2D eigenvalue weighted by Gasteiger charge is -2.23. The second-order valence-corrected chi connectivity index (χ2v) is 11.6. The molecular formula is C34H50N2O2S. The van der Waals surface area contributed by atoms with E-state index in [0.717, 1.165) is 42.4 Å². The van der Waals surface area contributed by atoms with E-state index < -0.39 is 0 Å². The van der Waals surface area contributed by atoms with Crippen LogP contribution in [-0.4, -0.2) is 23.3 Å². The van der Waals surface area contributed by atoms with Gasteiger partial charge in [0.2, 0.25) is 5.91 Å². The highest BCUT2D eigenvalue weighted by atomic mass is 32.2. The lowest BCUT2D eigenvalue weighted by atomic mass is 10.1. The molecule has 39 heavy (non-hydrogen) atoms. The van der Waals surface area contributed by atoms with Crippen LogP contribution in [0, 0.1) is 0 Å². The summed E-state index contributed by atoms with van der Waals surface area (Å²) in [6, 6.07) is 16.6. The molecule has 0 bridgehead atoms. The van der Waals surface area contributed by atoms with Gasteiger partial charge in [-0.1, -0.05) is 109 Å². The molecule has 1 aliphatic heterocycles. The van der Waals surface area contributed by atoms with Crippen molar-refractivity contribution in [2.75, 3.05) is 17.4 Å². The van der Waals surface area contributed by atoms with Crippen molar-refractivity contribution >= 4 is 23.4 Å². The van der Waals surface area contributed by atoms with E-state index in [9.17, 15) is 4.79 Å². The van der Waals surface area contributed by atoms with E-state index in [-0.39, 0.29) is 5.91 Å². The number of carbonyl (C=O) groups excluding carboxylic acids is 1. The number of rotatable bonds is 20. The van der Waals surface area contributed by atoms with Crippen molar-refractivity contribution in [3.05, 3.63) is 71.3 Å². The molecule has 0 aromatic heterocycles. The zero-order valence-corrected chi connectivity index (χ0v) is 25.2. The molecule has 0 radical (unpaired) electrons. The fourth-order valence-electron chi connectivity index (χ4n) is 4.95. The Bertz CT molecular complexity index is 958. The van der Waals surface area contributed by atoms with Crippen LogP contribution >= 0.6 is 11.8 Å². The molecule has 0 spiro atoms. The quantitative estimate of drug-likeness (QED) is 0.154. The van der Waals surface area contributed by atoms with Crippen molar-refractivity contribution in [3.63, 3.8) is 0 Å². The Morgan fingerprint density at radius 3 is 1.95 bits per heavy atom. The Kier molecular flexibility index (Phi) is 15.0. The van der Waals surface area contributed by atoms with Crippen molar-refractivity contribution in [1.29, 1.82) is 0 Å². The molecule has 0 saturated heterocycles. The minimum Gasteiger partial charge on any atom is -0.494 e. The van der Waals surface area contributed by atoms with E-state index in [0.29, 0.717) is 13.0 Å². The highest BCUT2D eigenvalue weighted by Crippen LogP contribution is 2.23. The molecule has 0 aliphatic carbocycles. The predicted molar refractivity (Wildman–Crippen MR) is 168 cm³/mol. The number of unbranched alkanes of at least 4 members (excludes halogenated alkanes) is 11. The summed E-state index contributed by atoms with van der Waals surface area (Å²) < 4.78 is 5.99. The predicted octanol–water partition coefficient (Wildman–Crippen LogP) is 9.69. The minimum atomic E-state index is 0.133. The van der Waals surface area contributed by atoms with Crippen LogP contribution in [0.5, 0.6) is 5.75 Å². The maximum absolute atomic E-state index is 12.8. The largest absolute Gasteiger partial charge is 0.494 e. The first kappa shape index (κ1) is 31.1. The molecule has 4 nitrogen and oxygen atoms in total. The van der Waals surface area contributed by atoms with Crippen molar-refractivity contribution in [1.82, 2.24) is 4.90 Å². The normalized spacial score (nSPS) is 12.7. The van der Waals surface area contributed by atoms with Crippen molar-refractivity contribution in [2.45, 2.75) is 110 Å². The van der Waals surface area contributed by atoms with E-state index >= 15 is 0 Å². The molecule has 5 heteroatoms. The number of benzene rings is 2. The minimum absolute atomic E-state index is 0.133. The Morgan fingerprint density at radius 2 is 1.38 bits per heavy atom. The molecule has 3 rings (SSSR count). The molecule has 0 fully saturated rings. The van der Waals surface area contributed by atoms with Gasteiger partial charge in [0.15, 0.2) is 0 Å². The topological polar surface area (TPSA) is 32.8 Å². The third-order valence-electron chi connectivity index (χ3n) is 7.38. The van der Waals surface area contributed by atoms with Crippen LogP contribution < -0.4 is 9.64 Å². The first-order valence-corrected chi connectivity index (χ1v) is 16.4. The standard InChI is InChI=1S/C34H50N2O2S/c1-3-5-6-7-8-9-10-11-12-13-14-15-25-38-33-22-18-31(19-23-33)28-36(34(37)4-2)32-20-16-30(17-21-32)27-35-24-26-39-29-35/h16-24,26H,3-15,25,27-29H2,1-2H3. The maximum Gasteiger partial charge on any atom is 0.227 e. The Morgan fingerprint density at radius 1 is 0.795 bits per heavy atom. The van der Waals surface area contributed by atoms with E-state index in [1.165, 1.54) is 76.2 Å². The molecular weight excluding hydrogens is 500 g/mol. The molecule has 1 aliphatic rings. The average Bonchev–Trinajstić information content (AvgIpc) is 3.48. The highest BCUT2D eigenvalue weighted by molar-refractivity contribution is 8.02. The summed E-state index contributed by atoms with van der Waals surface area (Å²) >= 11 is 1.81. The number of nitrogens with zero attached hydrogens (tertiary/aromatic N) is 2. The molecule has 1 heterocycles. The molecule has 0 atom stereocenters. The summed E-state index contributed by atoms with van der Waals surface area (Å²) in [7, 11) is 0. The fraction of sp³-hybridized carbons (Fsp3) is 0.559. The van der Waals surface area contributed by atoms with Gasteiger partial charge < -0.3 is 14.5 Å². The van der Waals surface area contributed by atoms with Crippen molar-refractivity contribution in [3.8, 4) is 5.75 Å². The van der Waals surface area contributed by atoms with Gasteiger partial charge in [-0.2, -0.15) is 0 Å². The molecule has 214 valence electrons. The third kappa shape index (κ3) is 12.1. The maximum atomic E-state index is 12.8. The number of anilines is 1. The van der Waals surface area contributed by atoms with Crippen molar-refractivity contribution < 1.29 is 9.53 Å². The second-order valence-electron chi connectivity index (χ2n) is 10.7. The van der Waals surface area contributed by atoms with Crippen LogP contribution in [0.1, 0.15) is 108 Å². The van der Waals surface area contributed by atoms with Gasteiger partial charge >= 0.3 is 0 Å². The average molecular weight is 551 g/mol. The smallest absolute Gasteiger partial charge is 0.227 e. The fourth-order valence-corrected chi connectivity index (χ4v) is 5.66. The SMILES string of the molecule is CCCCCCCCCCCCCCOc1ccc(CN(C(=O)CC)c2ccc(CN3C=CSC3)cc2)cc1. The van der Waals surface area contributed by atoms with Crippen LogP contribution in [0.3, 0.4) is 0 Å². The zero-order chi connectivity index (χ0) is 27.5. The summed E-state index contributed by atoms with van der Waals surface area (Å²) in [6.45, 7) is 6.44. The summed E-state index contributed by atoms with van der Waals surface area (Å²) in [5.74, 6) is 2.05.